The van der Waals surface area contributed by atoms with Gasteiger partial charge in [-0.1, -0.05) is 0 Å². The predicted molar refractivity (Wildman–Crippen MR) is 85.8 cm³/mol. The molecule has 1 aromatic rings. The Morgan fingerprint density at radius 2 is 1.95 bits per heavy atom. The lowest BCUT2D eigenvalue weighted by Gasteiger charge is -2.34. The zero-order chi connectivity index (χ0) is 13.8. The fourth-order valence-electron chi connectivity index (χ4n) is 2.81. The van der Waals surface area contributed by atoms with Gasteiger partial charge in [-0.15, -0.1) is 12.4 Å². The summed E-state index contributed by atoms with van der Waals surface area (Å²) in [5, 5.41) is 6.23. The Kier molecular flexibility index (Phi) is 5.82. The molecule has 1 aromatic heterocycles. The SMILES string of the molecule is Cl.O=C(NCC1CCN(c2ccncc2)CC1)C1CNC1. The van der Waals surface area contributed by atoms with E-state index in [9.17, 15) is 4.79 Å². The van der Waals surface area contributed by atoms with Crippen molar-refractivity contribution in [1.29, 1.82) is 0 Å². The van der Waals surface area contributed by atoms with Gasteiger partial charge in [0.15, 0.2) is 0 Å². The van der Waals surface area contributed by atoms with Crippen LogP contribution in [0.15, 0.2) is 24.5 Å². The maximum Gasteiger partial charge on any atom is 0.225 e. The number of nitrogens with one attached hydrogen (secondary N) is 2. The molecule has 116 valence electrons. The smallest absolute Gasteiger partial charge is 0.225 e. The molecule has 2 N–H and O–H groups in total. The number of carbonyl (C=O) groups is 1. The van der Waals surface area contributed by atoms with Gasteiger partial charge in [0.25, 0.3) is 0 Å². The number of pyridine rings is 1. The Labute approximate surface area is 131 Å². The molecule has 1 amide bonds. The molecule has 3 rings (SSSR count). The van der Waals surface area contributed by atoms with Crippen molar-refractivity contribution in [2.24, 2.45) is 11.8 Å². The Hall–Kier alpha value is -1.33. The van der Waals surface area contributed by atoms with Crippen molar-refractivity contribution in [3.05, 3.63) is 24.5 Å². The Bertz CT molecular complexity index is 444. The normalized spacial score (nSPS) is 19.5. The van der Waals surface area contributed by atoms with Crippen molar-refractivity contribution in [1.82, 2.24) is 15.6 Å². The van der Waals surface area contributed by atoms with Crippen molar-refractivity contribution >= 4 is 24.0 Å². The standard InChI is InChI=1S/C15H22N4O.ClH/c20-15(13-10-17-11-13)18-9-12-3-7-19(8-4-12)14-1-5-16-6-2-14;/h1-2,5-6,12-13,17H,3-4,7-11H2,(H,18,20);1H. The van der Waals surface area contributed by atoms with E-state index >= 15 is 0 Å². The summed E-state index contributed by atoms with van der Waals surface area (Å²) in [6.45, 7) is 4.64. The molecule has 0 bridgehead atoms. The molecule has 2 fully saturated rings. The molecule has 0 aliphatic carbocycles. The molecule has 0 aromatic carbocycles. The second kappa shape index (κ2) is 7.61. The summed E-state index contributed by atoms with van der Waals surface area (Å²) in [4.78, 5) is 18.2. The lowest BCUT2D eigenvalue weighted by molar-refractivity contribution is -0.126. The molecule has 0 spiro atoms. The molecule has 2 saturated heterocycles. The summed E-state index contributed by atoms with van der Waals surface area (Å²) >= 11 is 0. The van der Waals surface area contributed by atoms with Crippen LogP contribution in [-0.4, -0.2) is 43.6 Å². The molecule has 3 heterocycles. The number of carbonyl (C=O) groups excluding carboxylic acids is 1. The summed E-state index contributed by atoms with van der Waals surface area (Å²) in [7, 11) is 0. The molecule has 21 heavy (non-hydrogen) atoms. The van der Waals surface area contributed by atoms with Gasteiger partial charge in [-0.25, -0.2) is 0 Å². The van der Waals surface area contributed by atoms with E-state index < -0.39 is 0 Å². The Balaban J connectivity index is 0.00000161. The van der Waals surface area contributed by atoms with Crippen LogP contribution in [-0.2, 0) is 4.79 Å². The van der Waals surface area contributed by atoms with Crippen LogP contribution in [0.5, 0.6) is 0 Å². The van der Waals surface area contributed by atoms with Crippen molar-refractivity contribution in [3.63, 3.8) is 0 Å². The summed E-state index contributed by atoms with van der Waals surface area (Å²) < 4.78 is 0. The first-order valence-corrected chi connectivity index (χ1v) is 7.46. The average molecular weight is 311 g/mol. The zero-order valence-corrected chi connectivity index (χ0v) is 12.9. The minimum absolute atomic E-state index is 0. The van der Waals surface area contributed by atoms with Crippen molar-refractivity contribution in [3.8, 4) is 0 Å². The molecule has 6 heteroatoms. The van der Waals surface area contributed by atoms with Gasteiger partial charge in [0.05, 0.1) is 5.92 Å². The van der Waals surface area contributed by atoms with E-state index in [4.69, 9.17) is 0 Å². The number of aromatic nitrogens is 1. The van der Waals surface area contributed by atoms with Gasteiger partial charge < -0.3 is 15.5 Å². The van der Waals surface area contributed by atoms with E-state index in [-0.39, 0.29) is 24.2 Å². The topological polar surface area (TPSA) is 57.3 Å². The fourth-order valence-corrected chi connectivity index (χ4v) is 2.81. The van der Waals surface area contributed by atoms with Crippen LogP contribution < -0.4 is 15.5 Å². The third-order valence-corrected chi connectivity index (χ3v) is 4.36. The number of hydrogen-bond acceptors (Lipinski definition) is 4. The summed E-state index contributed by atoms with van der Waals surface area (Å²) in [6.07, 6.45) is 5.97. The van der Waals surface area contributed by atoms with Gasteiger partial charge in [-0.05, 0) is 30.9 Å². The summed E-state index contributed by atoms with van der Waals surface area (Å²) in [5.74, 6) is 1.04. The highest BCUT2D eigenvalue weighted by molar-refractivity contribution is 5.85. The molecule has 2 aliphatic heterocycles. The van der Waals surface area contributed by atoms with Crippen LogP contribution >= 0.6 is 12.4 Å². The number of halogens is 1. The first kappa shape index (κ1) is 16.0. The lowest BCUT2D eigenvalue weighted by Crippen LogP contribution is -2.51. The van der Waals surface area contributed by atoms with E-state index in [1.807, 2.05) is 12.4 Å². The fraction of sp³-hybridized carbons (Fsp3) is 0.600. The average Bonchev–Trinajstić information content (AvgIpc) is 2.45. The predicted octanol–water partition coefficient (Wildman–Crippen LogP) is 1.06. The van der Waals surface area contributed by atoms with Gasteiger partial charge in [0.1, 0.15) is 0 Å². The van der Waals surface area contributed by atoms with E-state index in [2.05, 4.69) is 32.7 Å². The van der Waals surface area contributed by atoms with E-state index in [1.165, 1.54) is 5.69 Å². The third kappa shape index (κ3) is 4.08. The molecule has 5 nitrogen and oxygen atoms in total. The number of piperidine rings is 1. The maximum absolute atomic E-state index is 11.8. The second-order valence-corrected chi connectivity index (χ2v) is 5.74. The summed E-state index contributed by atoms with van der Waals surface area (Å²) in [5.41, 5.74) is 1.25. The number of hydrogen-bond donors (Lipinski definition) is 2. The van der Waals surface area contributed by atoms with Crippen molar-refractivity contribution < 1.29 is 4.79 Å². The highest BCUT2D eigenvalue weighted by atomic mass is 35.5. The van der Waals surface area contributed by atoms with Crippen LogP contribution in [0.4, 0.5) is 5.69 Å². The minimum atomic E-state index is 0. The molecule has 2 aliphatic rings. The lowest BCUT2D eigenvalue weighted by atomic mass is 9.95. The number of rotatable bonds is 4. The number of amides is 1. The van der Waals surface area contributed by atoms with Gasteiger partial charge in [-0.3, -0.25) is 9.78 Å². The molecule has 0 saturated carbocycles. The van der Waals surface area contributed by atoms with Crippen LogP contribution in [0.3, 0.4) is 0 Å². The summed E-state index contributed by atoms with van der Waals surface area (Å²) in [6, 6.07) is 4.12. The van der Waals surface area contributed by atoms with E-state index in [0.29, 0.717) is 5.92 Å². The van der Waals surface area contributed by atoms with Crippen molar-refractivity contribution in [2.75, 3.05) is 37.6 Å². The van der Waals surface area contributed by atoms with Crippen molar-refractivity contribution in [2.45, 2.75) is 12.8 Å². The maximum atomic E-state index is 11.8. The minimum Gasteiger partial charge on any atom is -0.371 e. The second-order valence-electron chi connectivity index (χ2n) is 5.74. The molecule has 0 unspecified atom stereocenters. The van der Waals surface area contributed by atoms with E-state index in [1.54, 1.807) is 0 Å². The number of nitrogens with zero attached hydrogens (tertiary/aromatic N) is 2. The van der Waals surface area contributed by atoms with Crippen LogP contribution in [0, 0.1) is 11.8 Å². The quantitative estimate of drug-likeness (QED) is 0.873. The molecular weight excluding hydrogens is 288 g/mol. The van der Waals surface area contributed by atoms with Crippen LogP contribution in [0.2, 0.25) is 0 Å². The van der Waals surface area contributed by atoms with Crippen LogP contribution in [0.1, 0.15) is 12.8 Å². The Morgan fingerprint density at radius 3 is 2.52 bits per heavy atom. The highest BCUT2D eigenvalue weighted by Crippen LogP contribution is 2.22. The van der Waals surface area contributed by atoms with Crippen LogP contribution in [0.25, 0.3) is 0 Å². The van der Waals surface area contributed by atoms with E-state index in [0.717, 1.165) is 45.6 Å². The van der Waals surface area contributed by atoms with Gasteiger partial charge >= 0.3 is 0 Å². The van der Waals surface area contributed by atoms with Gasteiger partial charge in [-0.2, -0.15) is 0 Å². The largest absolute Gasteiger partial charge is 0.371 e. The number of anilines is 1. The highest BCUT2D eigenvalue weighted by Gasteiger charge is 2.26. The molecule has 0 radical (unpaired) electrons. The first-order valence-electron chi connectivity index (χ1n) is 7.46. The Morgan fingerprint density at radius 1 is 1.29 bits per heavy atom. The first-order chi connectivity index (χ1) is 9.83. The monoisotopic (exact) mass is 310 g/mol. The molecule has 0 atom stereocenters. The zero-order valence-electron chi connectivity index (χ0n) is 12.1. The van der Waals surface area contributed by atoms with Gasteiger partial charge in [0, 0.05) is 50.8 Å². The third-order valence-electron chi connectivity index (χ3n) is 4.36. The van der Waals surface area contributed by atoms with Gasteiger partial charge in [0.2, 0.25) is 5.91 Å². The molecular formula is C15H23ClN4O.